The molecule has 1 aliphatic rings. The first-order valence-corrected chi connectivity index (χ1v) is 6.37. The van der Waals surface area contributed by atoms with Crippen LogP contribution in [0.15, 0.2) is 18.2 Å². The largest absolute Gasteiger partial charge is 0.497 e. The lowest BCUT2D eigenvalue weighted by Gasteiger charge is -2.35. The highest BCUT2D eigenvalue weighted by atomic mass is 16.5. The number of hydrogen-bond acceptors (Lipinski definition) is 4. The molecule has 100 valence electrons. The SMILES string of the molecule is COc1ccc(C(C)NC2CC(N)C2)c(OC)c1. The molecule has 1 aromatic carbocycles. The molecule has 4 nitrogen and oxygen atoms in total. The van der Waals surface area contributed by atoms with Crippen LogP contribution in [0.1, 0.15) is 31.4 Å². The van der Waals surface area contributed by atoms with Gasteiger partial charge in [0.05, 0.1) is 14.2 Å². The zero-order valence-electron chi connectivity index (χ0n) is 11.3. The predicted molar refractivity (Wildman–Crippen MR) is 72.1 cm³/mol. The third-order valence-corrected chi connectivity index (χ3v) is 3.57. The van der Waals surface area contributed by atoms with E-state index in [1.807, 2.05) is 18.2 Å². The lowest BCUT2D eigenvalue weighted by Crippen LogP contribution is -2.49. The molecule has 0 amide bonds. The van der Waals surface area contributed by atoms with Crippen LogP contribution in [0.2, 0.25) is 0 Å². The number of ether oxygens (including phenoxy) is 2. The van der Waals surface area contributed by atoms with Gasteiger partial charge in [-0.25, -0.2) is 0 Å². The molecule has 0 heterocycles. The fourth-order valence-corrected chi connectivity index (χ4v) is 2.42. The Hall–Kier alpha value is -1.26. The number of rotatable bonds is 5. The molecule has 0 aliphatic heterocycles. The van der Waals surface area contributed by atoms with E-state index in [9.17, 15) is 0 Å². The third kappa shape index (κ3) is 2.76. The molecule has 0 saturated heterocycles. The number of nitrogens with two attached hydrogens (primary N) is 1. The molecule has 1 atom stereocenters. The van der Waals surface area contributed by atoms with Crippen molar-refractivity contribution in [2.24, 2.45) is 5.73 Å². The summed E-state index contributed by atoms with van der Waals surface area (Å²) in [7, 11) is 3.34. The van der Waals surface area contributed by atoms with Gasteiger partial charge >= 0.3 is 0 Å². The van der Waals surface area contributed by atoms with Crippen molar-refractivity contribution in [2.75, 3.05) is 14.2 Å². The highest BCUT2D eigenvalue weighted by Gasteiger charge is 2.27. The first-order chi connectivity index (χ1) is 8.63. The van der Waals surface area contributed by atoms with Gasteiger partial charge in [-0.15, -0.1) is 0 Å². The van der Waals surface area contributed by atoms with Gasteiger partial charge in [0.25, 0.3) is 0 Å². The smallest absolute Gasteiger partial charge is 0.127 e. The number of benzene rings is 1. The van der Waals surface area contributed by atoms with E-state index >= 15 is 0 Å². The second-order valence-corrected chi connectivity index (χ2v) is 4.92. The molecule has 1 aliphatic carbocycles. The van der Waals surface area contributed by atoms with Crippen LogP contribution in [-0.2, 0) is 0 Å². The molecule has 2 rings (SSSR count). The van der Waals surface area contributed by atoms with Crippen molar-refractivity contribution in [1.82, 2.24) is 5.32 Å². The van der Waals surface area contributed by atoms with Gasteiger partial charge in [0.15, 0.2) is 0 Å². The van der Waals surface area contributed by atoms with Gasteiger partial charge in [-0.05, 0) is 25.8 Å². The molecule has 0 radical (unpaired) electrons. The average molecular weight is 250 g/mol. The summed E-state index contributed by atoms with van der Waals surface area (Å²) in [5.41, 5.74) is 6.95. The van der Waals surface area contributed by atoms with Crippen molar-refractivity contribution in [2.45, 2.75) is 37.9 Å². The molecule has 0 spiro atoms. The van der Waals surface area contributed by atoms with E-state index in [0.717, 1.165) is 29.9 Å². The molecule has 3 N–H and O–H groups in total. The summed E-state index contributed by atoms with van der Waals surface area (Å²) in [5.74, 6) is 1.67. The van der Waals surface area contributed by atoms with Crippen LogP contribution in [0.4, 0.5) is 0 Å². The van der Waals surface area contributed by atoms with E-state index in [1.54, 1.807) is 14.2 Å². The molecule has 1 unspecified atom stereocenters. The Balaban J connectivity index is 2.06. The molecular formula is C14H22N2O2. The summed E-state index contributed by atoms with van der Waals surface area (Å²) in [6, 6.07) is 7.08. The Morgan fingerprint density at radius 3 is 2.56 bits per heavy atom. The highest BCUT2D eigenvalue weighted by molar-refractivity contribution is 5.42. The van der Waals surface area contributed by atoms with E-state index in [4.69, 9.17) is 15.2 Å². The van der Waals surface area contributed by atoms with Crippen LogP contribution >= 0.6 is 0 Å². The van der Waals surface area contributed by atoms with Gasteiger partial charge in [0.1, 0.15) is 11.5 Å². The standard InChI is InChI=1S/C14H22N2O2/c1-9(16-11-6-10(15)7-11)13-5-4-12(17-2)8-14(13)18-3/h4-5,8-11,16H,6-7,15H2,1-3H3. The van der Waals surface area contributed by atoms with E-state index in [2.05, 4.69) is 12.2 Å². The Morgan fingerprint density at radius 2 is 2.00 bits per heavy atom. The van der Waals surface area contributed by atoms with Crippen molar-refractivity contribution in [1.29, 1.82) is 0 Å². The van der Waals surface area contributed by atoms with Gasteiger partial charge < -0.3 is 20.5 Å². The quantitative estimate of drug-likeness (QED) is 0.837. The second kappa shape index (κ2) is 5.59. The van der Waals surface area contributed by atoms with Crippen LogP contribution in [0.5, 0.6) is 11.5 Å². The first-order valence-electron chi connectivity index (χ1n) is 6.37. The Morgan fingerprint density at radius 1 is 1.28 bits per heavy atom. The highest BCUT2D eigenvalue weighted by Crippen LogP contribution is 2.31. The third-order valence-electron chi connectivity index (χ3n) is 3.57. The van der Waals surface area contributed by atoms with Gasteiger partial charge in [-0.2, -0.15) is 0 Å². The van der Waals surface area contributed by atoms with Crippen molar-refractivity contribution < 1.29 is 9.47 Å². The Kier molecular flexibility index (Phi) is 4.09. The number of hydrogen-bond donors (Lipinski definition) is 2. The van der Waals surface area contributed by atoms with E-state index in [-0.39, 0.29) is 6.04 Å². The number of methoxy groups -OCH3 is 2. The summed E-state index contributed by atoms with van der Waals surface area (Å²) in [4.78, 5) is 0. The maximum atomic E-state index is 5.80. The lowest BCUT2D eigenvalue weighted by atomic mass is 9.86. The summed E-state index contributed by atoms with van der Waals surface area (Å²) in [5, 5.41) is 3.57. The van der Waals surface area contributed by atoms with Crippen LogP contribution < -0.4 is 20.5 Å². The summed E-state index contributed by atoms with van der Waals surface area (Å²) < 4.78 is 10.6. The molecule has 1 fully saturated rings. The van der Waals surface area contributed by atoms with E-state index in [0.29, 0.717) is 12.1 Å². The average Bonchev–Trinajstić information content (AvgIpc) is 2.36. The zero-order chi connectivity index (χ0) is 13.1. The van der Waals surface area contributed by atoms with Gasteiger partial charge in [-0.1, -0.05) is 6.07 Å². The summed E-state index contributed by atoms with van der Waals surface area (Å²) in [6.45, 7) is 2.15. The van der Waals surface area contributed by atoms with Gasteiger partial charge in [0.2, 0.25) is 0 Å². The van der Waals surface area contributed by atoms with Crippen LogP contribution in [0, 0.1) is 0 Å². The maximum Gasteiger partial charge on any atom is 0.127 e. The van der Waals surface area contributed by atoms with E-state index in [1.165, 1.54) is 0 Å². The van der Waals surface area contributed by atoms with Crippen molar-refractivity contribution in [3.05, 3.63) is 23.8 Å². The van der Waals surface area contributed by atoms with E-state index < -0.39 is 0 Å². The topological polar surface area (TPSA) is 56.5 Å². The summed E-state index contributed by atoms with van der Waals surface area (Å²) in [6.07, 6.45) is 2.12. The minimum Gasteiger partial charge on any atom is -0.497 e. The fourth-order valence-electron chi connectivity index (χ4n) is 2.42. The molecule has 4 heteroatoms. The lowest BCUT2D eigenvalue weighted by molar-refractivity contribution is 0.270. The van der Waals surface area contributed by atoms with Crippen LogP contribution in [0.3, 0.4) is 0 Å². The molecule has 18 heavy (non-hydrogen) atoms. The minimum atomic E-state index is 0.253. The molecule has 0 aromatic heterocycles. The second-order valence-electron chi connectivity index (χ2n) is 4.92. The monoisotopic (exact) mass is 250 g/mol. The predicted octanol–water partition coefficient (Wildman–Crippen LogP) is 1.84. The van der Waals surface area contributed by atoms with Crippen molar-refractivity contribution in [3.63, 3.8) is 0 Å². The first kappa shape index (κ1) is 13.2. The Labute approximate surface area is 108 Å². The minimum absolute atomic E-state index is 0.253. The summed E-state index contributed by atoms with van der Waals surface area (Å²) >= 11 is 0. The van der Waals surface area contributed by atoms with Crippen LogP contribution in [-0.4, -0.2) is 26.3 Å². The molecular weight excluding hydrogens is 228 g/mol. The maximum absolute atomic E-state index is 5.80. The molecule has 1 saturated carbocycles. The van der Waals surface area contributed by atoms with Crippen molar-refractivity contribution >= 4 is 0 Å². The normalized spacial score (nSPS) is 24.2. The van der Waals surface area contributed by atoms with Gasteiger partial charge in [-0.3, -0.25) is 0 Å². The van der Waals surface area contributed by atoms with Crippen molar-refractivity contribution in [3.8, 4) is 11.5 Å². The fraction of sp³-hybridized carbons (Fsp3) is 0.571. The molecule has 1 aromatic rings. The molecule has 0 bridgehead atoms. The Bertz CT molecular complexity index is 403. The zero-order valence-corrected chi connectivity index (χ0v) is 11.3. The van der Waals surface area contributed by atoms with Gasteiger partial charge in [0, 0.05) is 29.8 Å². The van der Waals surface area contributed by atoms with Crippen LogP contribution in [0.25, 0.3) is 0 Å². The number of nitrogens with one attached hydrogen (secondary N) is 1.